The largest absolute Gasteiger partial charge is 0.317 e. The van der Waals surface area contributed by atoms with E-state index in [-0.39, 0.29) is 0 Å². The zero-order valence-corrected chi connectivity index (χ0v) is 10.3. The molecule has 1 fully saturated rings. The van der Waals surface area contributed by atoms with Crippen molar-refractivity contribution in [3.63, 3.8) is 0 Å². The molecular formula is C14H19N3. The Morgan fingerprint density at radius 1 is 1.41 bits per heavy atom. The van der Waals surface area contributed by atoms with Crippen molar-refractivity contribution in [1.29, 1.82) is 5.26 Å². The lowest BCUT2D eigenvalue weighted by Gasteiger charge is -2.31. The van der Waals surface area contributed by atoms with Gasteiger partial charge in [-0.2, -0.15) is 5.26 Å². The fourth-order valence-electron chi connectivity index (χ4n) is 2.38. The van der Waals surface area contributed by atoms with Gasteiger partial charge in [0.2, 0.25) is 0 Å². The molecule has 1 saturated heterocycles. The summed E-state index contributed by atoms with van der Waals surface area (Å²) >= 11 is 0. The molecule has 1 N–H and O–H groups in total. The van der Waals surface area contributed by atoms with Gasteiger partial charge in [0.05, 0.1) is 11.6 Å². The number of hydrogen-bond donors (Lipinski definition) is 1. The van der Waals surface area contributed by atoms with Gasteiger partial charge in [0.25, 0.3) is 0 Å². The van der Waals surface area contributed by atoms with Crippen LogP contribution in [0.2, 0.25) is 0 Å². The number of likely N-dealkylation sites (tertiary alicyclic amines) is 1. The summed E-state index contributed by atoms with van der Waals surface area (Å²) < 4.78 is 0. The second-order valence-electron chi connectivity index (χ2n) is 4.65. The number of nitrogens with one attached hydrogen (secondary N) is 1. The van der Waals surface area contributed by atoms with Crippen molar-refractivity contribution in [3.05, 3.63) is 35.4 Å². The van der Waals surface area contributed by atoms with Crippen molar-refractivity contribution in [2.75, 3.05) is 20.1 Å². The zero-order chi connectivity index (χ0) is 12.1. The van der Waals surface area contributed by atoms with Crippen molar-refractivity contribution in [2.45, 2.75) is 25.4 Å². The van der Waals surface area contributed by atoms with Gasteiger partial charge in [0.1, 0.15) is 0 Å². The fourth-order valence-corrected chi connectivity index (χ4v) is 2.38. The van der Waals surface area contributed by atoms with Gasteiger partial charge in [-0.05, 0) is 50.7 Å². The molecule has 17 heavy (non-hydrogen) atoms. The first kappa shape index (κ1) is 12.1. The zero-order valence-electron chi connectivity index (χ0n) is 10.3. The third-order valence-electron chi connectivity index (χ3n) is 3.46. The molecule has 0 atom stereocenters. The molecule has 2 rings (SSSR count). The second kappa shape index (κ2) is 5.81. The first-order valence-corrected chi connectivity index (χ1v) is 6.20. The van der Waals surface area contributed by atoms with Crippen LogP contribution in [0.15, 0.2) is 24.3 Å². The predicted octanol–water partition coefficient (Wildman–Crippen LogP) is 1.74. The Bertz CT molecular complexity index is 400. The lowest BCUT2D eigenvalue weighted by molar-refractivity contribution is 0.194. The second-order valence-corrected chi connectivity index (χ2v) is 4.65. The van der Waals surface area contributed by atoms with Crippen LogP contribution >= 0.6 is 0 Å². The predicted molar refractivity (Wildman–Crippen MR) is 68.5 cm³/mol. The van der Waals surface area contributed by atoms with Gasteiger partial charge < -0.3 is 5.32 Å². The third kappa shape index (κ3) is 3.29. The molecule has 90 valence electrons. The first-order valence-electron chi connectivity index (χ1n) is 6.20. The first-order chi connectivity index (χ1) is 8.31. The van der Waals surface area contributed by atoms with Crippen LogP contribution in [0.25, 0.3) is 0 Å². The molecule has 0 aliphatic carbocycles. The molecule has 3 heteroatoms. The van der Waals surface area contributed by atoms with Crippen LogP contribution < -0.4 is 5.32 Å². The van der Waals surface area contributed by atoms with E-state index in [1.807, 2.05) is 25.2 Å². The van der Waals surface area contributed by atoms with Gasteiger partial charge in [0, 0.05) is 12.6 Å². The molecule has 0 unspecified atom stereocenters. The van der Waals surface area contributed by atoms with E-state index in [1.54, 1.807) is 0 Å². The average molecular weight is 229 g/mol. The summed E-state index contributed by atoms with van der Waals surface area (Å²) in [6.45, 7) is 3.25. The van der Waals surface area contributed by atoms with E-state index in [1.165, 1.54) is 18.4 Å². The summed E-state index contributed by atoms with van der Waals surface area (Å²) in [6, 6.07) is 10.8. The average Bonchev–Trinajstić information content (AvgIpc) is 2.40. The Kier molecular flexibility index (Phi) is 4.13. The summed E-state index contributed by atoms with van der Waals surface area (Å²) in [4.78, 5) is 2.46. The highest BCUT2D eigenvalue weighted by molar-refractivity contribution is 5.32. The summed E-state index contributed by atoms with van der Waals surface area (Å²) in [7, 11) is 2.04. The van der Waals surface area contributed by atoms with Crippen molar-refractivity contribution < 1.29 is 0 Å². The van der Waals surface area contributed by atoms with Gasteiger partial charge in [0.15, 0.2) is 0 Å². The van der Waals surface area contributed by atoms with Crippen LogP contribution in [0, 0.1) is 11.3 Å². The highest BCUT2D eigenvalue weighted by Crippen LogP contribution is 2.14. The van der Waals surface area contributed by atoms with Crippen LogP contribution in [0.3, 0.4) is 0 Å². The van der Waals surface area contributed by atoms with Gasteiger partial charge in [-0.3, -0.25) is 4.90 Å². The fraction of sp³-hybridized carbons (Fsp3) is 0.500. The van der Waals surface area contributed by atoms with Crippen LogP contribution in [-0.4, -0.2) is 31.1 Å². The number of hydrogen-bond acceptors (Lipinski definition) is 3. The van der Waals surface area contributed by atoms with Gasteiger partial charge >= 0.3 is 0 Å². The minimum atomic E-state index is 0.677. The van der Waals surface area contributed by atoms with Crippen molar-refractivity contribution in [2.24, 2.45) is 0 Å². The van der Waals surface area contributed by atoms with Gasteiger partial charge in [-0.15, -0.1) is 0 Å². The molecular weight excluding hydrogens is 210 g/mol. The van der Waals surface area contributed by atoms with Crippen molar-refractivity contribution >= 4 is 0 Å². The maximum atomic E-state index is 8.86. The van der Waals surface area contributed by atoms with E-state index >= 15 is 0 Å². The van der Waals surface area contributed by atoms with E-state index in [0.717, 1.165) is 25.2 Å². The quantitative estimate of drug-likeness (QED) is 0.858. The SMILES string of the molecule is CNC1CCN(Cc2cccc(C#N)c2)CC1. The maximum absolute atomic E-state index is 8.86. The van der Waals surface area contributed by atoms with E-state index in [4.69, 9.17) is 5.26 Å². The third-order valence-corrected chi connectivity index (χ3v) is 3.46. The molecule has 0 amide bonds. The Hall–Kier alpha value is -1.37. The lowest BCUT2D eigenvalue weighted by atomic mass is 10.0. The minimum absolute atomic E-state index is 0.677. The highest BCUT2D eigenvalue weighted by atomic mass is 15.1. The Morgan fingerprint density at radius 3 is 2.82 bits per heavy atom. The molecule has 3 nitrogen and oxygen atoms in total. The molecule has 0 saturated carbocycles. The molecule has 1 aliphatic heterocycles. The number of nitriles is 1. The van der Waals surface area contributed by atoms with E-state index in [0.29, 0.717) is 6.04 Å². The molecule has 1 aliphatic rings. The summed E-state index contributed by atoms with van der Waals surface area (Å²) in [5, 5.41) is 12.2. The maximum Gasteiger partial charge on any atom is 0.0991 e. The van der Waals surface area contributed by atoms with E-state index in [2.05, 4.69) is 22.4 Å². The molecule has 1 heterocycles. The molecule has 0 spiro atoms. The van der Waals surface area contributed by atoms with Crippen LogP contribution in [0.4, 0.5) is 0 Å². The molecule has 1 aromatic carbocycles. The van der Waals surface area contributed by atoms with E-state index in [9.17, 15) is 0 Å². The molecule has 0 radical (unpaired) electrons. The minimum Gasteiger partial charge on any atom is -0.317 e. The Labute approximate surface area is 103 Å². The summed E-state index contributed by atoms with van der Waals surface area (Å²) in [5.74, 6) is 0. The van der Waals surface area contributed by atoms with Gasteiger partial charge in [-0.25, -0.2) is 0 Å². The smallest absolute Gasteiger partial charge is 0.0991 e. The monoisotopic (exact) mass is 229 g/mol. The summed E-state index contributed by atoms with van der Waals surface area (Å²) in [5.41, 5.74) is 2.00. The van der Waals surface area contributed by atoms with Crippen LogP contribution in [-0.2, 0) is 6.54 Å². The standard InChI is InChI=1S/C14H19N3/c1-16-14-5-7-17(8-6-14)11-13-4-2-3-12(9-13)10-15/h2-4,9,14,16H,5-8,11H2,1H3. The highest BCUT2D eigenvalue weighted by Gasteiger charge is 2.17. The van der Waals surface area contributed by atoms with E-state index < -0.39 is 0 Å². The lowest BCUT2D eigenvalue weighted by Crippen LogP contribution is -2.40. The molecule has 0 aromatic heterocycles. The van der Waals surface area contributed by atoms with Crippen LogP contribution in [0.1, 0.15) is 24.0 Å². The number of piperidine rings is 1. The van der Waals surface area contributed by atoms with Crippen molar-refractivity contribution in [1.82, 2.24) is 10.2 Å². The van der Waals surface area contributed by atoms with Crippen molar-refractivity contribution in [3.8, 4) is 6.07 Å². The number of benzene rings is 1. The van der Waals surface area contributed by atoms with Crippen LogP contribution in [0.5, 0.6) is 0 Å². The topological polar surface area (TPSA) is 39.1 Å². The van der Waals surface area contributed by atoms with Gasteiger partial charge in [-0.1, -0.05) is 12.1 Å². The number of rotatable bonds is 3. The Morgan fingerprint density at radius 2 is 2.18 bits per heavy atom. The normalized spacial score (nSPS) is 17.9. The molecule has 0 bridgehead atoms. The molecule has 1 aromatic rings. The number of nitrogens with zero attached hydrogens (tertiary/aromatic N) is 2. The Balaban J connectivity index is 1.91. The summed E-state index contributed by atoms with van der Waals surface area (Å²) in [6.07, 6.45) is 2.43.